The molecule has 4 aromatic rings. The van der Waals surface area contributed by atoms with Crippen molar-refractivity contribution in [2.45, 2.75) is 20.0 Å². The van der Waals surface area contributed by atoms with E-state index in [4.69, 9.17) is 16.0 Å². The lowest BCUT2D eigenvalue weighted by molar-refractivity contribution is -0.122. The molecule has 3 aromatic heterocycles. The summed E-state index contributed by atoms with van der Waals surface area (Å²) < 4.78 is 7.77. The van der Waals surface area contributed by atoms with Gasteiger partial charge in [-0.3, -0.25) is 14.2 Å². The van der Waals surface area contributed by atoms with Crippen LogP contribution < -0.4 is 10.9 Å². The van der Waals surface area contributed by atoms with Gasteiger partial charge in [-0.25, -0.2) is 4.98 Å². The van der Waals surface area contributed by atoms with Crippen molar-refractivity contribution in [1.29, 1.82) is 0 Å². The molecule has 0 aliphatic carbocycles. The second-order valence-electron chi connectivity index (χ2n) is 6.14. The molecular formula is C18H15ClN6O3. The highest BCUT2D eigenvalue weighted by Gasteiger charge is 2.15. The van der Waals surface area contributed by atoms with Crippen molar-refractivity contribution in [3.8, 4) is 5.69 Å². The first-order chi connectivity index (χ1) is 13.5. The monoisotopic (exact) mass is 398 g/mol. The van der Waals surface area contributed by atoms with E-state index in [1.165, 1.54) is 21.8 Å². The first-order valence-electron chi connectivity index (χ1n) is 8.39. The molecule has 0 aliphatic rings. The van der Waals surface area contributed by atoms with Crippen LogP contribution in [0.3, 0.4) is 0 Å². The molecule has 1 amide bonds. The minimum absolute atomic E-state index is 0.0676. The van der Waals surface area contributed by atoms with Gasteiger partial charge in [0.1, 0.15) is 18.6 Å². The number of fused-ring (bicyclic) bond motifs is 1. The van der Waals surface area contributed by atoms with Crippen molar-refractivity contribution in [2.75, 3.05) is 0 Å². The number of hydrogen-bond donors (Lipinski definition) is 1. The lowest BCUT2D eigenvalue weighted by atomic mass is 10.2. The van der Waals surface area contributed by atoms with E-state index in [-0.39, 0.29) is 30.2 Å². The van der Waals surface area contributed by atoms with Gasteiger partial charge in [0.2, 0.25) is 5.91 Å². The summed E-state index contributed by atoms with van der Waals surface area (Å²) in [7, 11) is 0. The van der Waals surface area contributed by atoms with Crippen LogP contribution >= 0.6 is 11.6 Å². The molecule has 1 aromatic carbocycles. The molecule has 142 valence electrons. The van der Waals surface area contributed by atoms with Gasteiger partial charge in [-0.1, -0.05) is 22.9 Å². The maximum absolute atomic E-state index is 12.6. The zero-order chi connectivity index (χ0) is 19.7. The maximum Gasteiger partial charge on any atom is 0.284 e. The maximum atomic E-state index is 12.6. The van der Waals surface area contributed by atoms with Crippen molar-refractivity contribution in [3.05, 3.63) is 69.6 Å². The standard InChI is InChI=1S/C18H15ClN6O3/c1-11-4-5-12(7-14(11)19)25-17-16(22-23-25)18(27)24(10-21-17)9-15(26)20-8-13-3-2-6-28-13/h2-7,10H,8-9H2,1H3,(H,20,26). The van der Waals surface area contributed by atoms with Crippen molar-refractivity contribution < 1.29 is 9.21 Å². The van der Waals surface area contributed by atoms with Gasteiger partial charge in [-0.2, -0.15) is 4.68 Å². The largest absolute Gasteiger partial charge is 0.467 e. The molecule has 10 heteroatoms. The summed E-state index contributed by atoms with van der Waals surface area (Å²) in [5.74, 6) is 0.270. The van der Waals surface area contributed by atoms with E-state index >= 15 is 0 Å². The molecule has 0 fully saturated rings. The number of nitrogens with one attached hydrogen (secondary N) is 1. The van der Waals surface area contributed by atoms with Crippen LogP contribution in [0.15, 0.2) is 52.1 Å². The fourth-order valence-electron chi connectivity index (χ4n) is 2.65. The first kappa shape index (κ1) is 17.9. The molecule has 3 heterocycles. The average Bonchev–Trinajstić information content (AvgIpc) is 3.34. The Bertz CT molecular complexity index is 1210. The molecule has 0 saturated heterocycles. The van der Waals surface area contributed by atoms with Crippen LogP contribution in [-0.4, -0.2) is 30.5 Å². The van der Waals surface area contributed by atoms with Crippen LogP contribution in [0.25, 0.3) is 16.9 Å². The molecule has 0 atom stereocenters. The molecule has 28 heavy (non-hydrogen) atoms. The van der Waals surface area contributed by atoms with Crippen molar-refractivity contribution in [2.24, 2.45) is 0 Å². The average molecular weight is 399 g/mol. The molecule has 9 nitrogen and oxygen atoms in total. The van der Waals surface area contributed by atoms with Crippen LogP contribution in [0.1, 0.15) is 11.3 Å². The van der Waals surface area contributed by atoms with Crippen LogP contribution in [0.2, 0.25) is 5.02 Å². The van der Waals surface area contributed by atoms with E-state index in [0.717, 1.165) is 5.56 Å². The number of carbonyl (C=O) groups is 1. The lowest BCUT2D eigenvalue weighted by Crippen LogP contribution is -2.32. The lowest BCUT2D eigenvalue weighted by Gasteiger charge is -2.07. The van der Waals surface area contributed by atoms with Crippen LogP contribution in [0, 0.1) is 6.92 Å². The predicted molar refractivity (Wildman–Crippen MR) is 101 cm³/mol. The zero-order valence-corrected chi connectivity index (χ0v) is 15.6. The Hall–Kier alpha value is -3.46. The Morgan fingerprint density at radius 1 is 1.32 bits per heavy atom. The van der Waals surface area contributed by atoms with Gasteiger partial charge in [0.25, 0.3) is 5.56 Å². The Morgan fingerprint density at radius 2 is 2.18 bits per heavy atom. The Morgan fingerprint density at radius 3 is 2.93 bits per heavy atom. The number of benzene rings is 1. The summed E-state index contributed by atoms with van der Waals surface area (Å²) in [5.41, 5.74) is 1.46. The van der Waals surface area contributed by atoms with Crippen LogP contribution in [0.4, 0.5) is 0 Å². The highest BCUT2D eigenvalue weighted by Crippen LogP contribution is 2.20. The quantitative estimate of drug-likeness (QED) is 0.549. The Labute approximate surface area is 163 Å². The smallest absolute Gasteiger partial charge is 0.284 e. The number of furan rings is 1. The molecule has 1 N–H and O–H groups in total. The van der Waals surface area contributed by atoms with E-state index in [1.807, 2.05) is 19.1 Å². The molecule has 4 rings (SSSR count). The van der Waals surface area contributed by atoms with E-state index < -0.39 is 5.56 Å². The highest BCUT2D eigenvalue weighted by molar-refractivity contribution is 6.31. The summed E-state index contributed by atoms with van der Waals surface area (Å²) in [6, 6.07) is 8.85. The zero-order valence-electron chi connectivity index (χ0n) is 14.8. The predicted octanol–water partition coefficient (Wildman–Crippen LogP) is 1.85. The second kappa shape index (κ2) is 7.28. The molecule has 0 saturated carbocycles. The molecule has 0 bridgehead atoms. The number of carbonyl (C=O) groups excluding carboxylic acids is 1. The summed E-state index contributed by atoms with van der Waals surface area (Å²) >= 11 is 6.16. The van der Waals surface area contributed by atoms with Gasteiger partial charge in [-0.05, 0) is 36.8 Å². The van der Waals surface area contributed by atoms with Crippen LogP contribution in [0.5, 0.6) is 0 Å². The number of amides is 1. The molecule has 0 radical (unpaired) electrons. The Balaban J connectivity index is 1.58. The third kappa shape index (κ3) is 3.39. The van der Waals surface area contributed by atoms with E-state index in [9.17, 15) is 9.59 Å². The van der Waals surface area contributed by atoms with Gasteiger partial charge >= 0.3 is 0 Å². The van der Waals surface area contributed by atoms with Gasteiger partial charge in [0.15, 0.2) is 11.2 Å². The first-order valence-corrected chi connectivity index (χ1v) is 8.77. The van der Waals surface area contributed by atoms with E-state index in [1.54, 1.807) is 18.2 Å². The fourth-order valence-corrected chi connectivity index (χ4v) is 2.83. The molecule has 0 unspecified atom stereocenters. The third-order valence-corrected chi connectivity index (χ3v) is 4.59. The SMILES string of the molecule is Cc1ccc(-n2nnc3c(=O)n(CC(=O)NCc4ccco4)cnc32)cc1Cl. The summed E-state index contributed by atoms with van der Waals surface area (Å²) in [4.78, 5) is 29.0. The number of halogens is 1. The number of hydrogen-bond acceptors (Lipinski definition) is 6. The number of rotatable bonds is 5. The normalized spacial score (nSPS) is 11.1. The fraction of sp³-hybridized carbons (Fsp3) is 0.167. The second-order valence-corrected chi connectivity index (χ2v) is 6.55. The summed E-state index contributed by atoms with van der Waals surface area (Å²) in [6.07, 6.45) is 2.82. The van der Waals surface area contributed by atoms with Crippen molar-refractivity contribution in [3.63, 3.8) is 0 Å². The topological polar surface area (TPSA) is 108 Å². The minimum atomic E-state index is -0.456. The van der Waals surface area contributed by atoms with Crippen LogP contribution in [-0.2, 0) is 17.9 Å². The molecule has 0 spiro atoms. The van der Waals surface area contributed by atoms with E-state index in [2.05, 4.69) is 20.6 Å². The van der Waals surface area contributed by atoms with Crippen molar-refractivity contribution >= 4 is 28.7 Å². The molecule has 0 aliphatic heterocycles. The summed E-state index contributed by atoms with van der Waals surface area (Å²) in [6.45, 7) is 1.94. The van der Waals surface area contributed by atoms with Gasteiger partial charge in [0, 0.05) is 5.02 Å². The summed E-state index contributed by atoms with van der Waals surface area (Å²) in [5, 5.41) is 11.2. The number of nitrogens with zero attached hydrogens (tertiary/aromatic N) is 5. The van der Waals surface area contributed by atoms with Gasteiger partial charge in [0.05, 0.1) is 18.5 Å². The number of aromatic nitrogens is 5. The highest BCUT2D eigenvalue weighted by atomic mass is 35.5. The van der Waals surface area contributed by atoms with Crippen molar-refractivity contribution in [1.82, 2.24) is 29.9 Å². The molecular weight excluding hydrogens is 384 g/mol. The number of aryl methyl sites for hydroxylation is 1. The van der Waals surface area contributed by atoms with Gasteiger partial charge in [-0.15, -0.1) is 5.10 Å². The van der Waals surface area contributed by atoms with Gasteiger partial charge < -0.3 is 9.73 Å². The third-order valence-electron chi connectivity index (χ3n) is 4.18. The Kier molecular flexibility index (Phi) is 4.66. The minimum Gasteiger partial charge on any atom is -0.467 e. The van der Waals surface area contributed by atoms with E-state index in [0.29, 0.717) is 16.5 Å².